The summed E-state index contributed by atoms with van der Waals surface area (Å²) in [5, 5.41) is 20.4. The Labute approximate surface area is 121 Å². The van der Waals surface area contributed by atoms with Gasteiger partial charge in [0.1, 0.15) is 0 Å². The molecule has 0 radical (unpaired) electrons. The van der Waals surface area contributed by atoms with Crippen molar-refractivity contribution in [3.05, 3.63) is 23.3 Å². The molecular formula is C18H26O2. The van der Waals surface area contributed by atoms with Crippen LogP contribution in [0.2, 0.25) is 0 Å². The Morgan fingerprint density at radius 3 is 2.85 bits per heavy atom. The first kappa shape index (κ1) is 13.1. The number of aliphatic hydroxyl groups is 2. The van der Waals surface area contributed by atoms with E-state index in [-0.39, 0.29) is 12.2 Å². The van der Waals surface area contributed by atoms with Crippen LogP contribution in [0.15, 0.2) is 23.3 Å². The number of aliphatic hydroxyl groups excluding tert-OH is 2. The molecule has 2 unspecified atom stereocenters. The third-order valence-corrected chi connectivity index (χ3v) is 6.69. The molecule has 0 aromatic carbocycles. The summed E-state index contributed by atoms with van der Waals surface area (Å²) >= 11 is 0. The number of hydrogen-bond donors (Lipinski definition) is 2. The van der Waals surface area contributed by atoms with E-state index in [1.807, 2.05) is 0 Å². The van der Waals surface area contributed by atoms with Gasteiger partial charge in [-0.3, -0.25) is 0 Å². The highest BCUT2D eigenvalue weighted by atomic mass is 16.3. The molecule has 2 heteroatoms. The quantitative estimate of drug-likeness (QED) is 0.712. The molecule has 0 spiro atoms. The molecule has 4 rings (SSSR count). The van der Waals surface area contributed by atoms with E-state index in [1.165, 1.54) is 37.7 Å². The zero-order valence-electron chi connectivity index (χ0n) is 12.4. The van der Waals surface area contributed by atoms with Gasteiger partial charge in [-0.15, -0.1) is 0 Å². The van der Waals surface area contributed by atoms with Crippen molar-refractivity contribution in [1.82, 2.24) is 0 Å². The lowest BCUT2D eigenvalue weighted by molar-refractivity contribution is 0.00121. The fourth-order valence-corrected chi connectivity index (χ4v) is 5.71. The van der Waals surface area contributed by atoms with E-state index >= 15 is 0 Å². The van der Waals surface area contributed by atoms with Gasteiger partial charge in [0, 0.05) is 12.3 Å². The molecular weight excluding hydrogens is 248 g/mol. The van der Waals surface area contributed by atoms with Crippen molar-refractivity contribution in [1.29, 1.82) is 0 Å². The van der Waals surface area contributed by atoms with Gasteiger partial charge >= 0.3 is 0 Å². The molecule has 0 heterocycles. The molecule has 0 bridgehead atoms. The Morgan fingerprint density at radius 2 is 2.00 bits per heavy atom. The van der Waals surface area contributed by atoms with Crippen LogP contribution < -0.4 is 0 Å². The molecule has 110 valence electrons. The standard InChI is InChI=1S/C18H26O2/c1-18-7-2-3-15(18)13-5-4-11-9-12(19)10-16(20)17(11)14(13)6-8-18/h4-5,12,14-17,19-20H,2-3,6-10H2,1H3/t12?,14-,15-,16?,17-,18-/m0/s1. The van der Waals surface area contributed by atoms with Gasteiger partial charge in [0.15, 0.2) is 0 Å². The second-order valence-electron chi connectivity index (χ2n) is 7.84. The molecule has 20 heavy (non-hydrogen) atoms. The van der Waals surface area contributed by atoms with Crippen LogP contribution in [0.25, 0.3) is 0 Å². The average Bonchev–Trinajstić information content (AvgIpc) is 2.79. The summed E-state index contributed by atoms with van der Waals surface area (Å²) in [6, 6.07) is 0. The summed E-state index contributed by atoms with van der Waals surface area (Å²) in [6.45, 7) is 2.47. The van der Waals surface area contributed by atoms with Crippen LogP contribution in [0.3, 0.4) is 0 Å². The molecule has 2 N–H and O–H groups in total. The van der Waals surface area contributed by atoms with Gasteiger partial charge in [-0.2, -0.15) is 0 Å². The van der Waals surface area contributed by atoms with Crippen LogP contribution in [0, 0.1) is 23.2 Å². The number of fused-ring (bicyclic) bond motifs is 5. The first-order chi connectivity index (χ1) is 9.58. The van der Waals surface area contributed by atoms with E-state index in [0.717, 1.165) is 12.3 Å². The predicted octanol–water partition coefficient (Wildman–Crippen LogP) is 3.20. The molecule has 0 aromatic rings. The average molecular weight is 274 g/mol. The van der Waals surface area contributed by atoms with Crippen molar-refractivity contribution in [3.63, 3.8) is 0 Å². The Hall–Kier alpha value is -0.600. The maximum atomic E-state index is 10.5. The van der Waals surface area contributed by atoms with E-state index in [4.69, 9.17) is 0 Å². The van der Waals surface area contributed by atoms with Crippen molar-refractivity contribution in [2.75, 3.05) is 0 Å². The van der Waals surface area contributed by atoms with Crippen LogP contribution >= 0.6 is 0 Å². The van der Waals surface area contributed by atoms with Crippen molar-refractivity contribution in [2.45, 2.75) is 64.1 Å². The first-order valence-corrected chi connectivity index (χ1v) is 8.35. The lowest BCUT2D eigenvalue weighted by Gasteiger charge is -2.49. The van der Waals surface area contributed by atoms with Crippen LogP contribution in [0.1, 0.15) is 51.9 Å². The first-order valence-electron chi connectivity index (χ1n) is 8.35. The van der Waals surface area contributed by atoms with Crippen molar-refractivity contribution >= 4 is 0 Å². The van der Waals surface area contributed by atoms with Gasteiger partial charge in [-0.05, 0) is 49.4 Å². The minimum Gasteiger partial charge on any atom is -0.393 e. The number of hydrogen-bond acceptors (Lipinski definition) is 2. The normalized spacial score (nSPS) is 50.6. The second kappa shape index (κ2) is 4.45. The predicted molar refractivity (Wildman–Crippen MR) is 79.1 cm³/mol. The zero-order chi connectivity index (χ0) is 13.9. The van der Waals surface area contributed by atoms with Crippen LogP contribution in [-0.2, 0) is 0 Å². The highest BCUT2D eigenvalue weighted by Crippen LogP contribution is 2.59. The lowest BCUT2D eigenvalue weighted by atomic mass is 9.56. The third kappa shape index (κ3) is 1.77. The van der Waals surface area contributed by atoms with Crippen molar-refractivity contribution in [3.8, 4) is 0 Å². The SMILES string of the molecule is C[C@@]12CCC[C@H]1C1=CC=C3CC(O)CC(O)[C@@H]3[C@H]1CC2. The fraction of sp³-hybridized carbons (Fsp3) is 0.778. The monoisotopic (exact) mass is 274 g/mol. The van der Waals surface area contributed by atoms with Crippen LogP contribution in [-0.4, -0.2) is 22.4 Å². The molecule has 0 aromatic heterocycles. The molecule has 3 fully saturated rings. The van der Waals surface area contributed by atoms with Gasteiger partial charge in [0.05, 0.1) is 12.2 Å². The summed E-state index contributed by atoms with van der Waals surface area (Å²) in [7, 11) is 0. The van der Waals surface area contributed by atoms with E-state index in [0.29, 0.717) is 23.7 Å². The van der Waals surface area contributed by atoms with E-state index in [2.05, 4.69) is 19.1 Å². The molecule has 2 nitrogen and oxygen atoms in total. The Kier molecular flexibility index (Phi) is 2.91. The van der Waals surface area contributed by atoms with Crippen molar-refractivity contribution < 1.29 is 10.2 Å². The number of allylic oxidation sites excluding steroid dienone is 3. The molecule has 0 saturated heterocycles. The smallest absolute Gasteiger partial charge is 0.0636 e. The second-order valence-corrected chi connectivity index (χ2v) is 7.84. The Morgan fingerprint density at radius 1 is 1.15 bits per heavy atom. The van der Waals surface area contributed by atoms with Crippen LogP contribution in [0.4, 0.5) is 0 Å². The molecule has 6 atom stereocenters. The highest BCUT2D eigenvalue weighted by Gasteiger charge is 2.50. The van der Waals surface area contributed by atoms with Gasteiger partial charge in [-0.1, -0.05) is 36.6 Å². The van der Waals surface area contributed by atoms with Crippen molar-refractivity contribution in [2.24, 2.45) is 23.2 Å². The Balaban J connectivity index is 1.71. The summed E-state index contributed by atoms with van der Waals surface area (Å²) < 4.78 is 0. The van der Waals surface area contributed by atoms with E-state index < -0.39 is 0 Å². The van der Waals surface area contributed by atoms with Crippen LogP contribution in [0.5, 0.6) is 0 Å². The molecule has 0 amide bonds. The van der Waals surface area contributed by atoms with E-state index in [9.17, 15) is 10.2 Å². The minimum absolute atomic E-state index is 0.295. The third-order valence-electron chi connectivity index (χ3n) is 6.69. The maximum Gasteiger partial charge on any atom is 0.0636 e. The summed E-state index contributed by atoms with van der Waals surface area (Å²) in [5.74, 6) is 1.59. The van der Waals surface area contributed by atoms with Gasteiger partial charge in [-0.25, -0.2) is 0 Å². The lowest BCUT2D eigenvalue weighted by Crippen LogP contribution is -2.44. The fourth-order valence-electron chi connectivity index (χ4n) is 5.71. The van der Waals surface area contributed by atoms with Gasteiger partial charge < -0.3 is 10.2 Å². The van der Waals surface area contributed by atoms with Gasteiger partial charge in [0.25, 0.3) is 0 Å². The molecule has 3 saturated carbocycles. The highest BCUT2D eigenvalue weighted by molar-refractivity contribution is 5.36. The summed E-state index contributed by atoms with van der Waals surface area (Å²) in [4.78, 5) is 0. The molecule has 0 aliphatic heterocycles. The zero-order valence-corrected chi connectivity index (χ0v) is 12.4. The molecule has 4 aliphatic rings. The topological polar surface area (TPSA) is 40.5 Å². The Bertz CT molecular complexity index is 478. The maximum absolute atomic E-state index is 10.5. The largest absolute Gasteiger partial charge is 0.393 e. The summed E-state index contributed by atoms with van der Waals surface area (Å²) in [6.07, 6.45) is 11.9. The summed E-state index contributed by atoms with van der Waals surface area (Å²) in [5.41, 5.74) is 3.44. The van der Waals surface area contributed by atoms with E-state index in [1.54, 1.807) is 5.57 Å². The van der Waals surface area contributed by atoms with Gasteiger partial charge in [0.2, 0.25) is 0 Å². The minimum atomic E-state index is -0.345. The number of rotatable bonds is 0. The molecule has 4 aliphatic carbocycles.